The lowest BCUT2D eigenvalue weighted by Crippen LogP contribution is -2.42. The zero-order valence-corrected chi connectivity index (χ0v) is 15.7. The summed E-state index contributed by atoms with van der Waals surface area (Å²) in [6, 6.07) is 1.17. The lowest BCUT2D eigenvalue weighted by atomic mass is 10.1. The van der Waals surface area contributed by atoms with Gasteiger partial charge in [-0.25, -0.2) is 4.79 Å². The molecule has 8 heteroatoms. The normalized spacial score (nSPS) is 10.4. The maximum absolute atomic E-state index is 12.1. The highest BCUT2D eigenvalue weighted by Crippen LogP contribution is 2.22. The van der Waals surface area contributed by atoms with E-state index in [9.17, 15) is 19.2 Å². The van der Waals surface area contributed by atoms with Crippen LogP contribution >= 0.6 is 11.3 Å². The van der Waals surface area contributed by atoms with E-state index in [0.717, 1.165) is 9.75 Å². The smallest absolute Gasteiger partial charge is 0.321 e. The van der Waals surface area contributed by atoms with E-state index in [0.29, 0.717) is 12.1 Å². The molecule has 0 bridgehead atoms. The highest BCUT2D eigenvalue weighted by Gasteiger charge is 2.15. The van der Waals surface area contributed by atoms with Crippen molar-refractivity contribution in [3.63, 3.8) is 0 Å². The van der Waals surface area contributed by atoms with Crippen molar-refractivity contribution in [2.45, 2.75) is 40.5 Å². The van der Waals surface area contributed by atoms with Crippen molar-refractivity contribution in [3.05, 3.63) is 21.4 Å². The number of hydrogen-bond acceptors (Lipinski definition) is 6. The number of amides is 3. The largest absolute Gasteiger partial charge is 0.456 e. The molecule has 0 aliphatic carbocycles. The number of thiophene rings is 1. The SMILES string of the molecule is Cc1cc(C(=O)CCC(=O)OCC(=O)NC(=O)NCC(C)C)c(C)s1. The van der Waals surface area contributed by atoms with Crippen LogP contribution in [0.15, 0.2) is 6.07 Å². The van der Waals surface area contributed by atoms with Gasteiger partial charge in [0.25, 0.3) is 5.91 Å². The first-order valence-corrected chi connectivity index (χ1v) is 8.84. The standard InChI is InChI=1S/C17H24N2O5S/c1-10(2)8-18-17(23)19-15(21)9-24-16(22)6-5-14(20)13-7-11(3)25-12(13)4/h7,10H,5-6,8-9H2,1-4H3,(H2,18,19,21,23). The predicted molar refractivity (Wildman–Crippen MR) is 94.7 cm³/mol. The number of ether oxygens (including phenoxy) is 1. The molecular weight excluding hydrogens is 344 g/mol. The van der Waals surface area contributed by atoms with Crippen LogP contribution in [0.5, 0.6) is 0 Å². The Kier molecular flexibility index (Phi) is 8.27. The maximum Gasteiger partial charge on any atom is 0.321 e. The molecule has 0 spiro atoms. The minimum atomic E-state index is -0.717. The molecule has 0 unspecified atom stereocenters. The Bertz CT molecular complexity index is 651. The molecule has 138 valence electrons. The average molecular weight is 368 g/mol. The van der Waals surface area contributed by atoms with Gasteiger partial charge < -0.3 is 10.1 Å². The van der Waals surface area contributed by atoms with Gasteiger partial charge in [-0.3, -0.25) is 19.7 Å². The summed E-state index contributed by atoms with van der Waals surface area (Å²) < 4.78 is 4.77. The Labute approximate surface area is 151 Å². The molecule has 25 heavy (non-hydrogen) atoms. The minimum Gasteiger partial charge on any atom is -0.456 e. The van der Waals surface area contributed by atoms with Crippen molar-refractivity contribution in [1.82, 2.24) is 10.6 Å². The third-order valence-electron chi connectivity index (χ3n) is 3.19. The van der Waals surface area contributed by atoms with Crippen LogP contribution in [0.3, 0.4) is 0 Å². The van der Waals surface area contributed by atoms with Gasteiger partial charge in [0.2, 0.25) is 0 Å². The maximum atomic E-state index is 12.1. The van der Waals surface area contributed by atoms with E-state index in [-0.39, 0.29) is 24.5 Å². The van der Waals surface area contributed by atoms with Crippen molar-refractivity contribution >= 4 is 35.0 Å². The Morgan fingerprint density at radius 1 is 1.16 bits per heavy atom. The van der Waals surface area contributed by atoms with E-state index in [4.69, 9.17) is 4.74 Å². The third-order valence-corrected chi connectivity index (χ3v) is 4.15. The molecule has 0 saturated carbocycles. The lowest BCUT2D eigenvalue weighted by molar-refractivity contribution is -0.148. The summed E-state index contributed by atoms with van der Waals surface area (Å²) in [5.74, 6) is -1.25. The van der Waals surface area contributed by atoms with Crippen LogP contribution in [-0.4, -0.2) is 36.8 Å². The van der Waals surface area contributed by atoms with Gasteiger partial charge in [0.05, 0.1) is 6.42 Å². The van der Waals surface area contributed by atoms with Gasteiger partial charge in [-0.1, -0.05) is 13.8 Å². The summed E-state index contributed by atoms with van der Waals surface area (Å²) in [4.78, 5) is 48.5. The summed E-state index contributed by atoms with van der Waals surface area (Å²) in [5, 5.41) is 4.57. The van der Waals surface area contributed by atoms with Crippen molar-refractivity contribution in [1.29, 1.82) is 0 Å². The average Bonchev–Trinajstić information content (AvgIpc) is 2.87. The number of aryl methyl sites for hydroxylation is 2. The molecule has 0 saturated heterocycles. The molecule has 7 nitrogen and oxygen atoms in total. The summed E-state index contributed by atoms with van der Waals surface area (Å²) >= 11 is 1.53. The molecule has 0 radical (unpaired) electrons. The number of esters is 1. The molecule has 0 aliphatic heterocycles. The Morgan fingerprint density at radius 2 is 1.84 bits per heavy atom. The Hall–Kier alpha value is -2.22. The molecule has 1 aromatic rings. The molecule has 2 N–H and O–H groups in total. The zero-order valence-electron chi connectivity index (χ0n) is 14.9. The van der Waals surface area contributed by atoms with E-state index in [1.165, 1.54) is 11.3 Å². The van der Waals surface area contributed by atoms with E-state index in [1.807, 2.05) is 27.7 Å². The van der Waals surface area contributed by atoms with Crippen LogP contribution in [-0.2, 0) is 14.3 Å². The fourth-order valence-electron chi connectivity index (χ4n) is 1.98. The summed E-state index contributed by atoms with van der Waals surface area (Å²) in [7, 11) is 0. The topological polar surface area (TPSA) is 102 Å². The minimum absolute atomic E-state index is 0.0202. The monoisotopic (exact) mass is 368 g/mol. The first kappa shape index (κ1) is 20.8. The fraction of sp³-hybridized carbons (Fsp3) is 0.529. The third kappa shape index (κ3) is 7.93. The number of urea groups is 1. The highest BCUT2D eigenvalue weighted by atomic mass is 32.1. The van der Waals surface area contributed by atoms with Gasteiger partial charge in [0, 0.05) is 28.3 Å². The van der Waals surface area contributed by atoms with E-state index < -0.39 is 24.5 Å². The number of ketones is 1. The summed E-state index contributed by atoms with van der Waals surface area (Å²) in [6.07, 6.45) is -0.0909. The van der Waals surface area contributed by atoms with Crippen LogP contribution in [0.4, 0.5) is 4.79 Å². The molecule has 1 heterocycles. The molecule has 3 amide bonds. The Balaban J connectivity index is 2.28. The molecular formula is C17H24N2O5S. The van der Waals surface area contributed by atoms with Gasteiger partial charge in [0.1, 0.15) is 0 Å². The molecule has 0 aliphatic rings. The summed E-state index contributed by atoms with van der Waals surface area (Å²) in [5.41, 5.74) is 0.620. The predicted octanol–water partition coefficient (Wildman–Crippen LogP) is 2.35. The second-order valence-electron chi connectivity index (χ2n) is 6.06. The van der Waals surface area contributed by atoms with Crippen molar-refractivity contribution in [2.75, 3.05) is 13.2 Å². The van der Waals surface area contributed by atoms with Gasteiger partial charge in [-0.05, 0) is 25.8 Å². The second-order valence-corrected chi connectivity index (χ2v) is 7.52. The fourth-order valence-corrected chi connectivity index (χ4v) is 2.92. The number of carbonyl (C=O) groups is 4. The van der Waals surface area contributed by atoms with Crippen LogP contribution < -0.4 is 10.6 Å². The zero-order chi connectivity index (χ0) is 19.0. The van der Waals surface area contributed by atoms with Crippen LogP contribution in [0.2, 0.25) is 0 Å². The van der Waals surface area contributed by atoms with Crippen LogP contribution in [0.25, 0.3) is 0 Å². The lowest BCUT2D eigenvalue weighted by Gasteiger charge is -2.09. The van der Waals surface area contributed by atoms with E-state index >= 15 is 0 Å². The summed E-state index contributed by atoms with van der Waals surface area (Å²) in [6.45, 7) is 7.49. The van der Waals surface area contributed by atoms with Gasteiger partial charge in [-0.2, -0.15) is 0 Å². The second kappa shape index (κ2) is 9.93. The number of imide groups is 1. The molecule has 0 atom stereocenters. The van der Waals surface area contributed by atoms with Gasteiger partial charge in [0.15, 0.2) is 12.4 Å². The first-order chi connectivity index (χ1) is 11.7. The number of carbonyl (C=O) groups excluding carboxylic acids is 4. The molecule has 0 fully saturated rings. The first-order valence-electron chi connectivity index (χ1n) is 8.02. The molecule has 1 aromatic heterocycles. The molecule has 1 rings (SSSR count). The quantitative estimate of drug-likeness (QED) is 0.542. The van der Waals surface area contributed by atoms with E-state index in [2.05, 4.69) is 10.6 Å². The Morgan fingerprint density at radius 3 is 2.40 bits per heavy atom. The molecule has 0 aromatic carbocycles. The van der Waals surface area contributed by atoms with Crippen LogP contribution in [0.1, 0.15) is 46.8 Å². The number of rotatable bonds is 8. The van der Waals surface area contributed by atoms with Gasteiger partial charge >= 0.3 is 12.0 Å². The number of hydrogen-bond donors (Lipinski definition) is 2. The highest BCUT2D eigenvalue weighted by molar-refractivity contribution is 7.12. The van der Waals surface area contributed by atoms with Crippen molar-refractivity contribution < 1.29 is 23.9 Å². The van der Waals surface area contributed by atoms with Crippen LogP contribution in [0, 0.1) is 19.8 Å². The number of Topliss-reactive ketones (excluding diaryl/α,β-unsaturated/α-hetero) is 1. The number of nitrogens with one attached hydrogen (secondary N) is 2. The van der Waals surface area contributed by atoms with Gasteiger partial charge in [-0.15, -0.1) is 11.3 Å². The van der Waals surface area contributed by atoms with Crippen molar-refractivity contribution in [2.24, 2.45) is 5.92 Å². The van der Waals surface area contributed by atoms with E-state index in [1.54, 1.807) is 6.07 Å². The van der Waals surface area contributed by atoms with Crippen molar-refractivity contribution in [3.8, 4) is 0 Å².